The zero-order valence-corrected chi connectivity index (χ0v) is 10.4. The van der Waals surface area contributed by atoms with Crippen molar-refractivity contribution >= 4 is 16.7 Å². The minimum absolute atomic E-state index is 0.170. The van der Waals surface area contributed by atoms with Crippen LogP contribution in [-0.4, -0.2) is 11.1 Å². The smallest absolute Gasteiger partial charge is 0.338 e. The van der Waals surface area contributed by atoms with Crippen molar-refractivity contribution in [2.45, 2.75) is 13.8 Å². The Bertz CT molecular complexity index is 641. The van der Waals surface area contributed by atoms with Crippen molar-refractivity contribution in [3.8, 4) is 11.5 Å². The first-order chi connectivity index (χ1) is 8.49. The van der Waals surface area contributed by atoms with E-state index in [-0.39, 0.29) is 5.75 Å². The molecule has 2 aromatic carbocycles. The van der Waals surface area contributed by atoms with E-state index in [1.807, 2.05) is 25.1 Å². The van der Waals surface area contributed by atoms with Crippen LogP contribution in [0.4, 0.5) is 0 Å². The Morgan fingerprint density at radius 3 is 2.61 bits per heavy atom. The third kappa shape index (κ3) is 2.20. The van der Waals surface area contributed by atoms with Crippen molar-refractivity contribution < 1.29 is 14.6 Å². The zero-order valence-electron chi connectivity index (χ0n) is 10.4. The van der Waals surface area contributed by atoms with Gasteiger partial charge in [-0.25, -0.2) is 4.79 Å². The van der Waals surface area contributed by atoms with Crippen LogP contribution in [0.15, 0.2) is 42.5 Å². The summed E-state index contributed by atoms with van der Waals surface area (Å²) in [5.74, 6) is 0.127. The number of hydrogen-bond acceptors (Lipinski definition) is 3. The molecule has 0 saturated heterocycles. The monoisotopic (exact) mass is 242 g/mol. The van der Waals surface area contributed by atoms with E-state index in [1.54, 1.807) is 13.0 Å². The molecule has 0 spiro atoms. The largest absolute Gasteiger partial charge is 0.507 e. The van der Waals surface area contributed by atoms with Gasteiger partial charge in [0, 0.05) is 16.3 Å². The lowest BCUT2D eigenvalue weighted by Crippen LogP contribution is -2.08. The third-order valence-corrected chi connectivity index (χ3v) is 2.66. The Balaban J connectivity index is 2.56. The van der Waals surface area contributed by atoms with Crippen LogP contribution in [0.2, 0.25) is 0 Å². The maximum Gasteiger partial charge on any atom is 0.338 e. The number of rotatable bonds is 2. The molecule has 1 N–H and O–H groups in total. The molecule has 0 amide bonds. The van der Waals surface area contributed by atoms with E-state index >= 15 is 0 Å². The van der Waals surface area contributed by atoms with Gasteiger partial charge in [-0.1, -0.05) is 24.3 Å². The van der Waals surface area contributed by atoms with Gasteiger partial charge in [0.05, 0.1) is 0 Å². The van der Waals surface area contributed by atoms with Crippen LogP contribution in [0, 0.1) is 6.92 Å². The Hall–Kier alpha value is -2.29. The van der Waals surface area contributed by atoms with Gasteiger partial charge in [0.2, 0.25) is 0 Å². The summed E-state index contributed by atoms with van der Waals surface area (Å²) in [7, 11) is 0. The summed E-state index contributed by atoms with van der Waals surface area (Å²) in [4.78, 5) is 11.5. The van der Waals surface area contributed by atoms with E-state index < -0.39 is 5.97 Å². The average molecular weight is 242 g/mol. The summed E-state index contributed by atoms with van der Waals surface area (Å²) in [6.07, 6.45) is 0. The number of phenols is 1. The van der Waals surface area contributed by atoms with Gasteiger partial charge in [-0.2, -0.15) is 0 Å². The van der Waals surface area contributed by atoms with E-state index in [1.165, 1.54) is 6.07 Å². The zero-order chi connectivity index (χ0) is 13.3. The topological polar surface area (TPSA) is 46.5 Å². The van der Waals surface area contributed by atoms with Crippen LogP contribution in [0.3, 0.4) is 0 Å². The molecule has 0 aliphatic rings. The molecule has 0 bridgehead atoms. The van der Waals surface area contributed by atoms with E-state index in [0.717, 1.165) is 5.56 Å². The number of esters is 1. The van der Waals surface area contributed by atoms with Crippen molar-refractivity contribution in [3.63, 3.8) is 0 Å². The van der Waals surface area contributed by atoms with Gasteiger partial charge < -0.3 is 9.84 Å². The minimum atomic E-state index is -0.470. The molecular weight excluding hydrogens is 228 g/mol. The van der Waals surface area contributed by atoms with E-state index in [0.29, 0.717) is 22.1 Å². The van der Waals surface area contributed by atoms with Gasteiger partial charge in [-0.05, 0) is 32.0 Å². The molecule has 0 aliphatic heterocycles. The van der Waals surface area contributed by atoms with Crippen molar-refractivity contribution in [2.75, 3.05) is 0 Å². The lowest BCUT2D eigenvalue weighted by molar-refractivity contribution is -0.129. The average Bonchev–Trinajstić information content (AvgIpc) is 2.32. The summed E-state index contributed by atoms with van der Waals surface area (Å²) in [6, 6.07) is 8.67. The Morgan fingerprint density at radius 1 is 1.22 bits per heavy atom. The molecule has 18 heavy (non-hydrogen) atoms. The summed E-state index contributed by atoms with van der Waals surface area (Å²) < 4.78 is 5.23. The standard InChI is InChI=1S/C15H14O3/c1-9(2)15(17)18-14-7-6-13(16)12-8-10(3)4-5-11(12)14/h4-8,16H,1H2,2-3H3. The van der Waals surface area contributed by atoms with Gasteiger partial charge in [-0.3, -0.25) is 0 Å². The van der Waals surface area contributed by atoms with Crippen molar-refractivity contribution in [3.05, 3.63) is 48.0 Å². The number of benzene rings is 2. The first-order valence-corrected chi connectivity index (χ1v) is 5.59. The predicted molar refractivity (Wildman–Crippen MR) is 70.8 cm³/mol. The molecule has 0 atom stereocenters. The highest BCUT2D eigenvalue weighted by atomic mass is 16.5. The van der Waals surface area contributed by atoms with Crippen LogP contribution in [-0.2, 0) is 4.79 Å². The second-order valence-electron chi connectivity index (χ2n) is 4.30. The number of hydrogen-bond donors (Lipinski definition) is 1. The number of carbonyl (C=O) groups excluding carboxylic acids is 1. The quantitative estimate of drug-likeness (QED) is 0.499. The molecule has 0 radical (unpaired) electrons. The highest BCUT2D eigenvalue weighted by molar-refractivity contribution is 5.97. The fourth-order valence-corrected chi connectivity index (χ4v) is 1.70. The van der Waals surface area contributed by atoms with Crippen LogP contribution in [0.5, 0.6) is 11.5 Å². The van der Waals surface area contributed by atoms with Crippen molar-refractivity contribution in [1.82, 2.24) is 0 Å². The van der Waals surface area contributed by atoms with E-state index in [9.17, 15) is 9.90 Å². The number of carbonyl (C=O) groups is 1. The first kappa shape index (κ1) is 12.2. The van der Waals surface area contributed by atoms with Gasteiger partial charge in [0.25, 0.3) is 0 Å². The van der Waals surface area contributed by atoms with Gasteiger partial charge in [0.15, 0.2) is 0 Å². The summed E-state index contributed by atoms with van der Waals surface area (Å²) in [5.41, 5.74) is 1.37. The lowest BCUT2D eigenvalue weighted by Gasteiger charge is -2.09. The molecule has 0 unspecified atom stereocenters. The molecule has 2 aromatic rings. The minimum Gasteiger partial charge on any atom is -0.507 e. The van der Waals surface area contributed by atoms with Crippen molar-refractivity contribution in [1.29, 1.82) is 0 Å². The molecular formula is C15H14O3. The first-order valence-electron chi connectivity index (χ1n) is 5.59. The molecule has 2 rings (SSSR count). The van der Waals surface area contributed by atoms with Gasteiger partial charge >= 0.3 is 5.97 Å². The second kappa shape index (κ2) is 4.53. The maximum atomic E-state index is 11.5. The maximum absolute atomic E-state index is 11.5. The van der Waals surface area contributed by atoms with Crippen LogP contribution < -0.4 is 4.74 Å². The second-order valence-corrected chi connectivity index (χ2v) is 4.30. The molecule has 0 fully saturated rings. The van der Waals surface area contributed by atoms with E-state index in [4.69, 9.17) is 4.74 Å². The van der Waals surface area contributed by atoms with Crippen molar-refractivity contribution in [2.24, 2.45) is 0 Å². The number of aromatic hydroxyl groups is 1. The lowest BCUT2D eigenvalue weighted by atomic mass is 10.1. The molecule has 0 aromatic heterocycles. The number of aryl methyl sites for hydroxylation is 1. The van der Waals surface area contributed by atoms with Crippen LogP contribution in [0.25, 0.3) is 10.8 Å². The molecule has 0 aliphatic carbocycles. The molecule has 3 nitrogen and oxygen atoms in total. The molecule has 92 valence electrons. The highest BCUT2D eigenvalue weighted by Gasteiger charge is 2.11. The SMILES string of the molecule is C=C(C)C(=O)Oc1ccc(O)c2cc(C)ccc12. The molecule has 0 saturated carbocycles. The molecule has 0 heterocycles. The number of phenolic OH excluding ortho intramolecular Hbond substituents is 1. The van der Waals surface area contributed by atoms with Gasteiger partial charge in [-0.15, -0.1) is 0 Å². The van der Waals surface area contributed by atoms with E-state index in [2.05, 4.69) is 6.58 Å². The highest BCUT2D eigenvalue weighted by Crippen LogP contribution is 2.33. The van der Waals surface area contributed by atoms with Crippen LogP contribution >= 0.6 is 0 Å². The third-order valence-electron chi connectivity index (χ3n) is 2.66. The summed E-state index contributed by atoms with van der Waals surface area (Å²) in [6.45, 7) is 7.07. The number of ether oxygens (including phenoxy) is 1. The predicted octanol–water partition coefficient (Wildman–Crippen LogP) is 3.34. The fourth-order valence-electron chi connectivity index (χ4n) is 1.70. The Morgan fingerprint density at radius 2 is 1.94 bits per heavy atom. The van der Waals surface area contributed by atoms with Crippen LogP contribution in [0.1, 0.15) is 12.5 Å². The summed E-state index contributed by atoms with van der Waals surface area (Å²) >= 11 is 0. The number of fused-ring (bicyclic) bond motifs is 1. The normalized spacial score (nSPS) is 10.3. The molecule has 3 heteroatoms. The van der Waals surface area contributed by atoms with Gasteiger partial charge in [0.1, 0.15) is 11.5 Å². The fraction of sp³-hybridized carbons (Fsp3) is 0.133. The summed E-state index contributed by atoms with van der Waals surface area (Å²) in [5, 5.41) is 11.2. The Kier molecular flexibility index (Phi) is 3.06. The Labute approximate surface area is 105 Å².